The van der Waals surface area contributed by atoms with Crippen molar-refractivity contribution < 1.29 is 0 Å². The molecule has 4 rings (SSSR count). The predicted molar refractivity (Wildman–Crippen MR) is 102 cm³/mol. The number of hydrogen-bond acceptors (Lipinski definition) is 5. The number of guanidine groups is 2. The van der Waals surface area contributed by atoms with Crippen molar-refractivity contribution in [1.82, 2.24) is 4.57 Å². The van der Waals surface area contributed by atoms with E-state index in [1.165, 1.54) is 6.42 Å². The Balaban J connectivity index is 1.84. The first-order chi connectivity index (χ1) is 12.1. The van der Waals surface area contributed by atoms with Crippen molar-refractivity contribution in [2.45, 2.75) is 37.8 Å². The van der Waals surface area contributed by atoms with E-state index in [0.717, 1.165) is 37.1 Å². The highest BCUT2D eigenvalue weighted by Crippen LogP contribution is 2.42. The molecule has 0 saturated heterocycles. The average Bonchev–Trinajstić information content (AvgIpc) is 3.11. The van der Waals surface area contributed by atoms with Gasteiger partial charge < -0.3 is 16.0 Å². The van der Waals surface area contributed by atoms with Gasteiger partial charge in [-0.3, -0.25) is 4.90 Å². The van der Waals surface area contributed by atoms with Crippen LogP contribution in [0.25, 0.3) is 5.69 Å². The first-order valence-corrected chi connectivity index (χ1v) is 8.89. The maximum Gasteiger partial charge on any atom is 0.220 e. The van der Waals surface area contributed by atoms with Gasteiger partial charge in [0.2, 0.25) is 11.9 Å². The molecule has 6 nitrogen and oxygen atoms in total. The Morgan fingerprint density at radius 1 is 1.04 bits per heavy atom. The molecule has 2 aromatic rings. The van der Waals surface area contributed by atoms with Crippen molar-refractivity contribution in [2.75, 3.05) is 4.90 Å². The van der Waals surface area contributed by atoms with Crippen LogP contribution >= 0.6 is 11.6 Å². The minimum atomic E-state index is -0.493. The van der Waals surface area contributed by atoms with Crippen LogP contribution in [0.2, 0.25) is 5.02 Å². The van der Waals surface area contributed by atoms with Crippen LogP contribution in [-0.4, -0.2) is 22.1 Å². The van der Waals surface area contributed by atoms with Gasteiger partial charge in [0.25, 0.3) is 0 Å². The summed E-state index contributed by atoms with van der Waals surface area (Å²) in [5.74, 6) is 0.592. The Kier molecular flexibility index (Phi) is 3.92. The number of aromatic nitrogens is 1. The summed E-state index contributed by atoms with van der Waals surface area (Å²) in [7, 11) is 0. The van der Waals surface area contributed by atoms with Gasteiger partial charge in [0.05, 0.1) is 10.7 Å². The van der Waals surface area contributed by atoms with Gasteiger partial charge in [-0.2, -0.15) is 4.99 Å². The maximum absolute atomic E-state index is 6.55. The summed E-state index contributed by atoms with van der Waals surface area (Å²) in [6, 6.07) is 9.86. The van der Waals surface area contributed by atoms with E-state index in [1.54, 1.807) is 0 Å². The van der Waals surface area contributed by atoms with Crippen LogP contribution in [0.15, 0.2) is 52.7 Å². The van der Waals surface area contributed by atoms with Crippen molar-refractivity contribution >= 4 is 29.2 Å². The Hall–Kier alpha value is -2.47. The molecule has 1 aliphatic carbocycles. The van der Waals surface area contributed by atoms with Gasteiger partial charge in [0.1, 0.15) is 5.66 Å². The average molecular weight is 357 g/mol. The van der Waals surface area contributed by atoms with Crippen LogP contribution in [0.3, 0.4) is 0 Å². The molecule has 1 fully saturated rings. The number of aliphatic imine (C=N–C) groups is 2. The van der Waals surface area contributed by atoms with Crippen molar-refractivity contribution in [1.29, 1.82) is 0 Å². The Morgan fingerprint density at radius 2 is 1.76 bits per heavy atom. The summed E-state index contributed by atoms with van der Waals surface area (Å²) in [4.78, 5) is 10.9. The van der Waals surface area contributed by atoms with Gasteiger partial charge in [-0.15, -0.1) is 0 Å². The quantitative estimate of drug-likeness (QED) is 0.866. The largest absolute Gasteiger partial charge is 0.369 e. The fourth-order valence-electron chi connectivity index (χ4n) is 3.81. The molecule has 25 heavy (non-hydrogen) atoms. The third-order valence-corrected chi connectivity index (χ3v) is 5.24. The lowest BCUT2D eigenvalue weighted by Crippen LogP contribution is -2.58. The number of benzene rings is 1. The van der Waals surface area contributed by atoms with E-state index in [-0.39, 0.29) is 5.96 Å². The first-order valence-electron chi connectivity index (χ1n) is 8.52. The molecule has 0 bridgehead atoms. The SMILES string of the molecule is NC1=NC2(CCCCC2)N(c2cc(-n3cccc3)ccc2Cl)C(N)=N1. The molecule has 1 saturated carbocycles. The highest BCUT2D eigenvalue weighted by atomic mass is 35.5. The third-order valence-electron chi connectivity index (χ3n) is 4.92. The maximum atomic E-state index is 6.55. The van der Waals surface area contributed by atoms with Gasteiger partial charge in [-0.1, -0.05) is 18.0 Å². The van der Waals surface area contributed by atoms with Crippen LogP contribution in [-0.2, 0) is 0 Å². The molecule has 1 aliphatic heterocycles. The number of rotatable bonds is 2. The van der Waals surface area contributed by atoms with E-state index < -0.39 is 5.66 Å². The molecule has 1 aromatic heterocycles. The van der Waals surface area contributed by atoms with Crippen LogP contribution in [0, 0.1) is 0 Å². The molecule has 7 heteroatoms. The molecule has 2 heterocycles. The third kappa shape index (κ3) is 2.76. The molecule has 0 unspecified atom stereocenters. The van der Waals surface area contributed by atoms with Crippen LogP contribution in [0.1, 0.15) is 32.1 Å². The smallest absolute Gasteiger partial charge is 0.220 e. The Morgan fingerprint density at radius 3 is 2.48 bits per heavy atom. The van der Waals surface area contributed by atoms with Crippen LogP contribution < -0.4 is 16.4 Å². The van der Waals surface area contributed by atoms with Gasteiger partial charge in [0.15, 0.2) is 0 Å². The fourth-order valence-corrected chi connectivity index (χ4v) is 4.01. The van der Waals surface area contributed by atoms with Crippen molar-refractivity contribution in [3.8, 4) is 5.69 Å². The number of hydrogen-bond donors (Lipinski definition) is 2. The van der Waals surface area contributed by atoms with Gasteiger partial charge in [0, 0.05) is 18.1 Å². The molecule has 2 aliphatic rings. The number of anilines is 1. The second-order valence-electron chi connectivity index (χ2n) is 6.54. The van der Waals surface area contributed by atoms with E-state index in [1.807, 2.05) is 52.2 Å². The monoisotopic (exact) mass is 356 g/mol. The molecule has 0 radical (unpaired) electrons. The lowest BCUT2D eigenvalue weighted by Gasteiger charge is -2.46. The van der Waals surface area contributed by atoms with Crippen molar-refractivity contribution in [3.63, 3.8) is 0 Å². The molecule has 1 spiro atoms. The summed E-state index contributed by atoms with van der Waals surface area (Å²) < 4.78 is 2.03. The van der Waals surface area contributed by atoms with E-state index >= 15 is 0 Å². The summed E-state index contributed by atoms with van der Waals surface area (Å²) in [6.07, 6.45) is 9.10. The molecule has 1 aromatic carbocycles. The minimum Gasteiger partial charge on any atom is -0.369 e. The zero-order chi connectivity index (χ0) is 17.4. The second kappa shape index (κ2) is 6.11. The van der Waals surface area contributed by atoms with E-state index in [9.17, 15) is 0 Å². The van der Waals surface area contributed by atoms with Gasteiger partial charge in [-0.05, 0) is 56.0 Å². The van der Waals surface area contributed by atoms with E-state index in [2.05, 4.69) is 4.99 Å². The summed E-state index contributed by atoms with van der Waals surface area (Å²) in [5, 5.41) is 0.620. The summed E-state index contributed by atoms with van der Waals surface area (Å²) in [5.41, 5.74) is 13.6. The van der Waals surface area contributed by atoms with Gasteiger partial charge in [-0.25, -0.2) is 4.99 Å². The predicted octanol–water partition coefficient (Wildman–Crippen LogP) is 3.24. The number of nitrogens with zero attached hydrogens (tertiary/aromatic N) is 4. The Labute approximate surface area is 151 Å². The first kappa shape index (κ1) is 16.0. The molecule has 4 N–H and O–H groups in total. The zero-order valence-electron chi connectivity index (χ0n) is 13.9. The van der Waals surface area contributed by atoms with Crippen molar-refractivity contribution in [2.24, 2.45) is 21.5 Å². The number of nitrogens with two attached hydrogens (primary N) is 2. The van der Waals surface area contributed by atoms with Crippen LogP contribution in [0.4, 0.5) is 5.69 Å². The highest BCUT2D eigenvalue weighted by molar-refractivity contribution is 6.34. The van der Waals surface area contributed by atoms with E-state index in [4.69, 9.17) is 28.1 Å². The lowest BCUT2D eigenvalue weighted by atomic mass is 9.87. The second-order valence-corrected chi connectivity index (χ2v) is 6.95. The highest BCUT2D eigenvalue weighted by Gasteiger charge is 2.43. The normalized spacial score (nSPS) is 19.6. The molecule has 0 amide bonds. The Bertz CT molecular complexity index is 833. The summed E-state index contributed by atoms with van der Waals surface area (Å²) in [6.45, 7) is 0. The summed E-state index contributed by atoms with van der Waals surface area (Å²) >= 11 is 6.55. The minimum absolute atomic E-state index is 0.244. The van der Waals surface area contributed by atoms with Crippen LogP contribution in [0.5, 0.6) is 0 Å². The molecule has 0 atom stereocenters. The fraction of sp³-hybridized carbons (Fsp3) is 0.333. The molecular weight excluding hydrogens is 336 g/mol. The molecule has 130 valence electrons. The van der Waals surface area contributed by atoms with Gasteiger partial charge >= 0.3 is 0 Å². The van der Waals surface area contributed by atoms with E-state index in [0.29, 0.717) is 11.0 Å². The lowest BCUT2D eigenvalue weighted by molar-refractivity contribution is 0.305. The standard InChI is InChI=1S/C18H21ClN6/c19-14-7-6-13(24-10-4-5-11-24)12-15(14)25-17(21)22-16(20)23-18(25)8-2-1-3-9-18/h4-7,10-12H,1-3,8-9H2,(H4,20,21,22,23). The molecular formula is C18H21ClN6. The zero-order valence-corrected chi connectivity index (χ0v) is 14.7. The topological polar surface area (TPSA) is 84.9 Å². The van der Waals surface area contributed by atoms with Crippen molar-refractivity contribution in [3.05, 3.63) is 47.7 Å². The number of halogens is 1.